The number of nitrogens with zero attached hydrogens (tertiary/aromatic N) is 1. The summed E-state index contributed by atoms with van der Waals surface area (Å²) in [6.45, 7) is 4.44. The molecule has 1 N–H and O–H groups in total. The van der Waals surface area contributed by atoms with Crippen LogP contribution in [-0.2, 0) is 32.7 Å². The van der Waals surface area contributed by atoms with Crippen LogP contribution in [0.2, 0.25) is 0 Å². The van der Waals surface area contributed by atoms with Gasteiger partial charge in [0.1, 0.15) is 19.8 Å². The Bertz CT molecular complexity index is 1110. The highest BCUT2D eigenvalue weighted by Gasteiger charge is 2.27. The van der Waals surface area contributed by atoms with Crippen LogP contribution in [0.1, 0.15) is 245 Å². The zero-order valence-electron chi connectivity index (χ0n) is 41.4. The normalized spacial score (nSPS) is 13.6. The van der Waals surface area contributed by atoms with E-state index in [0.29, 0.717) is 17.4 Å². The van der Waals surface area contributed by atoms with E-state index in [9.17, 15) is 19.0 Å². The first-order chi connectivity index (χ1) is 30.0. The van der Waals surface area contributed by atoms with Gasteiger partial charge in [0.15, 0.2) is 6.10 Å². The van der Waals surface area contributed by atoms with E-state index in [1.807, 2.05) is 21.1 Å². The minimum atomic E-state index is -4.38. The molecule has 0 saturated heterocycles. The Labute approximate surface area is 383 Å². The van der Waals surface area contributed by atoms with Gasteiger partial charge >= 0.3 is 19.8 Å². The highest BCUT2D eigenvalue weighted by molar-refractivity contribution is 7.47. The number of phosphoric acid groups is 1. The number of phosphoric ester groups is 1. The summed E-state index contributed by atoms with van der Waals surface area (Å²) in [5.74, 6) is -0.790. The van der Waals surface area contributed by atoms with E-state index in [0.717, 1.165) is 38.5 Å². The number of allylic oxidation sites excluding steroid dienone is 4. The van der Waals surface area contributed by atoms with Crippen LogP contribution in [0, 0.1) is 0 Å². The third kappa shape index (κ3) is 48.0. The van der Waals surface area contributed by atoms with E-state index in [2.05, 4.69) is 38.2 Å². The van der Waals surface area contributed by atoms with Crippen molar-refractivity contribution in [1.29, 1.82) is 0 Å². The molecule has 0 heterocycles. The summed E-state index contributed by atoms with van der Waals surface area (Å²) in [4.78, 5) is 35.6. The van der Waals surface area contributed by atoms with Crippen molar-refractivity contribution in [2.45, 2.75) is 251 Å². The number of quaternary nitrogens is 1. The van der Waals surface area contributed by atoms with Crippen LogP contribution < -0.4 is 0 Å². The van der Waals surface area contributed by atoms with E-state index in [1.165, 1.54) is 173 Å². The Hall–Kier alpha value is -1.51. The van der Waals surface area contributed by atoms with Crippen LogP contribution in [0.4, 0.5) is 0 Å². The molecule has 0 rings (SSSR count). The second-order valence-electron chi connectivity index (χ2n) is 18.9. The molecule has 62 heavy (non-hydrogen) atoms. The Kier molecular flexibility index (Phi) is 43.6. The summed E-state index contributed by atoms with van der Waals surface area (Å²) < 4.78 is 34.5. The lowest BCUT2D eigenvalue weighted by molar-refractivity contribution is -0.870. The van der Waals surface area contributed by atoms with E-state index < -0.39 is 26.5 Å². The van der Waals surface area contributed by atoms with Crippen molar-refractivity contribution < 1.29 is 42.1 Å². The monoisotopic (exact) mass is 899 g/mol. The topological polar surface area (TPSA) is 108 Å². The molecule has 0 aromatic heterocycles. The highest BCUT2D eigenvalue weighted by atomic mass is 31.2. The number of carbonyl (C=O) groups excluding carboxylic acids is 2. The number of hydrogen-bond donors (Lipinski definition) is 1. The third-order valence-electron chi connectivity index (χ3n) is 11.5. The van der Waals surface area contributed by atoms with E-state index in [1.54, 1.807) is 0 Å². The maximum absolute atomic E-state index is 12.8. The van der Waals surface area contributed by atoms with E-state index in [-0.39, 0.29) is 32.0 Å². The van der Waals surface area contributed by atoms with Gasteiger partial charge < -0.3 is 18.9 Å². The molecule has 10 heteroatoms. The van der Waals surface area contributed by atoms with Gasteiger partial charge in [-0.1, -0.05) is 212 Å². The van der Waals surface area contributed by atoms with Gasteiger partial charge in [0, 0.05) is 12.8 Å². The number of unbranched alkanes of at least 4 members (excludes halogenated alkanes) is 30. The lowest BCUT2D eigenvalue weighted by atomic mass is 10.0. The molecule has 0 aromatic carbocycles. The largest absolute Gasteiger partial charge is 0.472 e. The molecule has 1 unspecified atom stereocenters. The van der Waals surface area contributed by atoms with Gasteiger partial charge in [-0.2, -0.15) is 0 Å². The molecular weight excluding hydrogens is 798 g/mol. The van der Waals surface area contributed by atoms with Crippen molar-refractivity contribution in [3.63, 3.8) is 0 Å². The standard InChI is InChI=1S/C52H100NO8P/c1-6-8-10-12-14-16-18-20-22-24-26-28-30-32-34-36-38-40-42-44-51(54)58-48-50(49-60-62(56,57)59-47-46-53(3,4)5)61-52(55)45-43-41-39-37-35-33-31-29-27-25-23-21-19-17-15-13-11-9-7-2/h14,16,20,22,50H,6-13,15,17-19,21,23-49H2,1-5H3/p+1/b16-14-,22-20-/t50-/m1/s1. The minimum absolute atomic E-state index is 0.0334. The average molecular weight is 899 g/mol. The van der Waals surface area contributed by atoms with Crippen LogP contribution in [-0.4, -0.2) is 74.9 Å². The molecule has 0 fully saturated rings. The first-order valence-electron chi connectivity index (χ1n) is 26.1. The number of esters is 2. The second-order valence-corrected chi connectivity index (χ2v) is 20.4. The van der Waals surface area contributed by atoms with Crippen LogP contribution in [0.5, 0.6) is 0 Å². The third-order valence-corrected chi connectivity index (χ3v) is 12.5. The van der Waals surface area contributed by atoms with Crippen LogP contribution in [0.3, 0.4) is 0 Å². The molecule has 0 aliphatic heterocycles. The summed E-state index contributed by atoms with van der Waals surface area (Å²) in [6.07, 6.45) is 50.8. The first kappa shape index (κ1) is 60.5. The lowest BCUT2D eigenvalue weighted by Crippen LogP contribution is -2.37. The molecule has 0 bridgehead atoms. The molecule has 0 amide bonds. The fraction of sp³-hybridized carbons (Fsp3) is 0.885. The van der Waals surface area contributed by atoms with Crippen molar-refractivity contribution in [2.75, 3.05) is 47.5 Å². The smallest absolute Gasteiger partial charge is 0.462 e. The average Bonchev–Trinajstić information content (AvgIpc) is 3.23. The Morgan fingerprint density at radius 2 is 0.871 bits per heavy atom. The Morgan fingerprint density at radius 3 is 1.31 bits per heavy atom. The van der Waals surface area contributed by atoms with Crippen LogP contribution >= 0.6 is 7.82 Å². The number of hydrogen-bond acceptors (Lipinski definition) is 7. The highest BCUT2D eigenvalue weighted by Crippen LogP contribution is 2.43. The van der Waals surface area contributed by atoms with Gasteiger partial charge in [0.25, 0.3) is 0 Å². The predicted octanol–water partition coefficient (Wildman–Crippen LogP) is 15.5. The first-order valence-corrected chi connectivity index (χ1v) is 27.6. The molecule has 0 aromatic rings. The van der Waals surface area contributed by atoms with Crippen molar-refractivity contribution in [3.05, 3.63) is 24.3 Å². The summed E-state index contributed by atoms with van der Waals surface area (Å²) >= 11 is 0. The Morgan fingerprint density at radius 1 is 0.500 bits per heavy atom. The summed E-state index contributed by atoms with van der Waals surface area (Å²) in [7, 11) is 1.49. The van der Waals surface area contributed by atoms with Gasteiger partial charge in [-0.3, -0.25) is 18.6 Å². The number of ether oxygens (including phenoxy) is 2. The molecule has 0 spiro atoms. The SMILES string of the molecule is CCCCC/C=C\C/C=C\CCCCCCCCCCCC(=O)OC[C@H](COP(=O)(O)OCC[N+](C)(C)C)OC(=O)CCCCCCCCCCCCCCCCCCCCC. The second kappa shape index (κ2) is 44.7. The number of carbonyl (C=O) groups is 2. The summed E-state index contributed by atoms with van der Waals surface area (Å²) in [5.41, 5.74) is 0. The number of likely N-dealkylation sites (N-methyl/N-ethyl adjacent to an activating group) is 1. The lowest BCUT2D eigenvalue weighted by Gasteiger charge is -2.24. The molecule has 9 nitrogen and oxygen atoms in total. The fourth-order valence-electron chi connectivity index (χ4n) is 7.40. The van der Waals surface area contributed by atoms with E-state index in [4.69, 9.17) is 18.5 Å². The fourth-order valence-corrected chi connectivity index (χ4v) is 8.14. The van der Waals surface area contributed by atoms with Gasteiger partial charge in [-0.05, 0) is 44.9 Å². The molecular formula is C52H101NO8P+. The maximum atomic E-state index is 12.8. The van der Waals surface area contributed by atoms with Crippen LogP contribution in [0.15, 0.2) is 24.3 Å². The molecule has 0 saturated carbocycles. The predicted molar refractivity (Wildman–Crippen MR) is 261 cm³/mol. The molecule has 366 valence electrons. The number of rotatable bonds is 48. The molecule has 2 atom stereocenters. The zero-order valence-corrected chi connectivity index (χ0v) is 42.3. The van der Waals surface area contributed by atoms with E-state index >= 15 is 0 Å². The zero-order chi connectivity index (χ0) is 45.7. The van der Waals surface area contributed by atoms with Gasteiger partial charge in [0.2, 0.25) is 0 Å². The quantitative estimate of drug-likeness (QED) is 0.0211. The van der Waals surface area contributed by atoms with Crippen molar-refractivity contribution in [1.82, 2.24) is 0 Å². The summed E-state index contributed by atoms with van der Waals surface area (Å²) in [5, 5.41) is 0. The molecule has 0 radical (unpaired) electrons. The van der Waals surface area contributed by atoms with Crippen LogP contribution in [0.25, 0.3) is 0 Å². The van der Waals surface area contributed by atoms with Crippen molar-refractivity contribution >= 4 is 19.8 Å². The minimum Gasteiger partial charge on any atom is -0.462 e. The van der Waals surface area contributed by atoms with Crippen molar-refractivity contribution in [3.8, 4) is 0 Å². The van der Waals surface area contributed by atoms with Gasteiger partial charge in [0.05, 0.1) is 27.7 Å². The van der Waals surface area contributed by atoms with Gasteiger partial charge in [-0.15, -0.1) is 0 Å². The molecule has 0 aliphatic carbocycles. The summed E-state index contributed by atoms with van der Waals surface area (Å²) in [6, 6.07) is 0. The van der Waals surface area contributed by atoms with Gasteiger partial charge in [-0.25, -0.2) is 4.57 Å². The van der Waals surface area contributed by atoms with Crippen molar-refractivity contribution in [2.24, 2.45) is 0 Å². The Balaban J connectivity index is 4.22. The molecule has 0 aliphatic rings. The maximum Gasteiger partial charge on any atom is 0.472 e.